The highest BCUT2D eigenvalue weighted by molar-refractivity contribution is 5.80. The van der Waals surface area contributed by atoms with Crippen molar-refractivity contribution in [2.24, 2.45) is 5.73 Å². The number of benzene rings is 1. The molecule has 0 bridgehead atoms. The maximum Gasteiger partial charge on any atom is 0.234 e. The molecule has 18 heavy (non-hydrogen) atoms. The summed E-state index contributed by atoms with van der Waals surface area (Å²) in [6.45, 7) is 6.43. The van der Waals surface area contributed by atoms with Crippen molar-refractivity contribution < 1.29 is 4.79 Å². The minimum absolute atomic E-state index is 0.0588. The fourth-order valence-electron chi connectivity index (χ4n) is 3.03. The highest BCUT2D eigenvalue weighted by Gasteiger charge is 2.43. The average molecular weight is 246 g/mol. The monoisotopic (exact) mass is 246 g/mol. The van der Waals surface area contributed by atoms with Gasteiger partial charge in [-0.05, 0) is 39.2 Å². The van der Waals surface area contributed by atoms with Crippen LogP contribution in [0.4, 0.5) is 0 Å². The van der Waals surface area contributed by atoms with E-state index in [2.05, 4.69) is 37.8 Å². The van der Waals surface area contributed by atoms with Gasteiger partial charge in [0.25, 0.3) is 0 Å². The van der Waals surface area contributed by atoms with Gasteiger partial charge in [-0.15, -0.1) is 0 Å². The molecular formula is C15H22N2O. The van der Waals surface area contributed by atoms with Crippen molar-refractivity contribution in [3.8, 4) is 0 Å². The number of rotatable bonds is 2. The first kappa shape index (κ1) is 13.1. The van der Waals surface area contributed by atoms with Crippen LogP contribution in [0.5, 0.6) is 0 Å². The van der Waals surface area contributed by atoms with E-state index in [0.29, 0.717) is 6.04 Å². The van der Waals surface area contributed by atoms with E-state index < -0.39 is 0 Å². The van der Waals surface area contributed by atoms with Crippen molar-refractivity contribution in [2.75, 3.05) is 0 Å². The number of likely N-dealkylation sites (tertiary alicyclic amines) is 1. The fraction of sp³-hybridized carbons (Fsp3) is 0.533. The molecule has 0 saturated carbocycles. The summed E-state index contributed by atoms with van der Waals surface area (Å²) in [7, 11) is 0. The standard InChI is InChI=1S/C15H22N2O/c1-15(2,3)17-12(9-10-13(17)14(16)18)11-7-5-4-6-8-11/h4-8,12-13H,9-10H2,1-3H3,(H2,16,18). The summed E-state index contributed by atoms with van der Waals surface area (Å²) in [6.07, 6.45) is 1.85. The second kappa shape index (κ2) is 4.73. The van der Waals surface area contributed by atoms with E-state index in [4.69, 9.17) is 5.73 Å². The molecule has 2 atom stereocenters. The first-order valence-electron chi connectivity index (χ1n) is 6.54. The second-order valence-corrected chi connectivity index (χ2v) is 6.00. The third-order valence-corrected chi connectivity index (χ3v) is 3.67. The Kier molecular flexibility index (Phi) is 3.44. The van der Waals surface area contributed by atoms with Gasteiger partial charge < -0.3 is 5.73 Å². The van der Waals surface area contributed by atoms with Gasteiger partial charge in [-0.25, -0.2) is 0 Å². The molecule has 1 fully saturated rings. The van der Waals surface area contributed by atoms with Crippen molar-refractivity contribution in [1.29, 1.82) is 0 Å². The third kappa shape index (κ3) is 2.41. The molecule has 98 valence electrons. The van der Waals surface area contributed by atoms with Crippen LogP contribution >= 0.6 is 0 Å². The molecule has 2 N–H and O–H groups in total. The van der Waals surface area contributed by atoms with Gasteiger partial charge in [-0.1, -0.05) is 30.3 Å². The lowest BCUT2D eigenvalue weighted by molar-refractivity contribution is -0.124. The predicted octanol–water partition coefficient (Wildman–Crippen LogP) is 2.48. The normalized spacial score (nSPS) is 25.3. The Labute approximate surface area is 109 Å². The minimum Gasteiger partial charge on any atom is -0.368 e. The number of carbonyl (C=O) groups is 1. The molecule has 1 aliphatic rings. The maximum atomic E-state index is 11.6. The van der Waals surface area contributed by atoms with Crippen LogP contribution in [0.25, 0.3) is 0 Å². The van der Waals surface area contributed by atoms with Gasteiger partial charge >= 0.3 is 0 Å². The Morgan fingerprint density at radius 2 is 1.83 bits per heavy atom. The van der Waals surface area contributed by atoms with Crippen LogP contribution < -0.4 is 5.73 Å². The Morgan fingerprint density at radius 3 is 2.33 bits per heavy atom. The molecule has 1 aliphatic heterocycles. The molecule has 3 heteroatoms. The number of carbonyl (C=O) groups excluding carboxylic acids is 1. The van der Waals surface area contributed by atoms with Gasteiger partial charge in [0.2, 0.25) is 5.91 Å². The minimum atomic E-state index is -0.205. The number of amides is 1. The van der Waals surface area contributed by atoms with Gasteiger partial charge in [-0.2, -0.15) is 0 Å². The molecule has 0 spiro atoms. The zero-order valence-corrected chi connectivity index (χ0v) is 11.4. The van der Waals surface area contributed by atoms with Gasteiger partial charge in [-0.3, -0.25) is 9.69 Å². The fourth-order valence-corrected chi connectivity index (χ4v) is 3.03. The maximum absolute atomic E-state index is 11.6. The first-order chi connectivity index (χ1) is 8.41. The molecule has 1 heterocycles. The smallest absolute Gasteiger partial charge is 0.234 e. The molecule has 3 nitrogen and oxygen atoms in total. The number of primary amides is 1. The van der Waals surface area contributed by atoms with Crippen LogP contribution in [-0.4, -0.2) is 22.4 Å². The van der Waals surface area contributed by atoms with Gasteiger partial charge in [0.1, 0.15) is 0 Å². The molecular weight excluding hydrogens is 224 g/mol. The lowest BCUT2D eigenvalue weighted by Crippen LogP contribution is -2.50. The van der Waals surface area contributed by atoms with E-state index in [1.807, 2.05) is 18.2 Å². The summed E-state index contributed by atoms with van der Waals surface area (Å²) in [6, 6.07) is 10.5. The van der Waals surface area contributed by atoms with Gasteiger partial charge in [0.05, 0.1) is 6.04 Å². The Balaban J connectivity index is 2.34. The van der Waals surface area contributed by atoms with Crippen LogP contribution in [0.1, 0.15) is 45.2 Å². The van der Waals surface area contributed by atoms with Crippen molar-refractivity contribution in [3.05, 3.63) is 35.9 Å². The molecule has 0 radical (unpaired) electrons. The third-order valence-electron chi connectivity index (χ3n) is 3.67. The molecule has 1 amide bonds. The van der Waals surface area contributed by atoms with Crippen LogP contribution in [0.15, 0.2) is 30.3 Å². The summed E-state index contributed by atoms with van der Waals surface area (Å²) in [5, 5.41) is 0. The van der Waals surface area contributed by atoms with Crippen molar-refractivity contribution in [3.63, 3.8) is 0 Å². The highest BCUT2D eigenvalue weighted by atomic mass is 16.1. The van der Waals surface area contributed by atoms with Crippen LogP contribution in [0.2, 0.25) is 0 Å². The lowest BCUT2D eigenvalue weighted by atomic mass is 9.99. The summed E-state index contributed by atoms with van der Waals surface area (Å²) < 4.78 is 0. The van der Waals surface area contributed by atoms with Crippen molar-refractivity contribution >= 4 is 5.91 Å². The molecule has 2 rings (SSSR count). The van der Waals surface area contributed by atoms with E-state index in [1.54, 1.807) is 0 Å². The quantitative estimate of drug-likeness (QED) is 0.871. The van der Waals surface area contributed by atoms with E-state index in [1.165, 1.54) is 5.56 Å². The molecule has 1 aromatic rings. The molecule has 0 aliphatic carbocycles. The summed E-state index contributed by atoms with van der Waals surface area (Å²) >= 11 is 0. The van der Waals surface area contributed by atoms with Crippen LogP contribution in [0.3, 0.4) is 0 Å². The zero-order chi connectivity index (χ0) is 13.3. The Morgan fingerprint density at radius 1 is 1.22 bits per heavy atom. The van der Waals surface area contributed by atoms with E-state index >= 15 is 0 Å². The SMILES string of the molecule is CC(C)(C)N1C(C(N)=O)CCC1c1ccccc1. The van der Waals surface area contributed by atoms with Crippen molar-refractivity contribution in [2.45, 2.75) is 51.2 Å². The second-order valence-electron chi connectivity index (χ2n) is 6.00. The number of nitrogens with zero attached hydrogens (tertiary/aromatic N) is 1. The molecule has 0 aromatic heterocycles. The first-order valence-corrected chi connectivity index (χ1v) is 6.54. The Hall–Kier alpha value is -1.35. The van der Waals surface area contributed by atoms with Crippen LogP contribution in [-0.2, 0) is 4.79 Å². The van der Waals surface area contributed by atoms with E-state index in [9.17, 15) is 4.79 Å². The number of hydrogen-bond acceptors (Lipinski definition) is 2. The topological polar surface area (TPSA) is 46.3 Å². The molecule has 1 saturated heterocycles. The number of nitrogens with two attached hydrogens (primary N) is 1. The van der Waals surface area contributed by atoms with Crippen LogP contribution in [0, 0.1) is 0 Å². The van der Waals surface area contributed by atoms with E-state index in [0.717, 1.165) is 12.8 Å². The lowest BCUT2D eigenvalue weighted by Gasteiger charge is -2.40. The molecule has 1 aromatic carbocycles. The largest absolute Gasteiger partial charge is 0.368 e. The van der Waals surface area contributed by atoms with Gasteiger partial charge in [0, 0.05) is 11.6 Å². The summed E-state index contributed by atoms with van der Waals surface area (Å²) in [5.41, 5.74) is 6.76. The molecule has 2 unspecified atom stereocenters. The van der Waals surface area contributed by atoms with Crippen molar-refractivity contribution in [1.82, 2.24) is 4.90 Å². The summed E-state index contributed by atoms with van der Waals surface area (Å²) in [5.74, 6) is -0.205. The number of hydrogen-bond donors (Lipinski definition) is 1. The predicted molar refractivity (Wildman–Crippen MR) is 73.0 cm³/mol. The highest BCUT2D eigenvalue weighted by Crippen LogP contribution is 2.40. The van der Waals surface area contributed by atoms with E-state index in [-0.39, 0.29) is 17.5 Å². The zero-order valence-electron chi connectivity index (χ0n) is 11.4. The average Bonchev–Trinajstić information content (AvgIpc) is 2.74. The van der Waals surface area contributed by atoms with Gasteiger partial charge in [0.15, 0.2) is 0 Å². The Bertz CT molecular complexity index is 422. The summed E-state index contributed by atoms with van der Waals surface area (Å²) in [4.78, 5) is 13.9.